The normalized spacial score (nSPS) is 16.0. The van der Waals surface area contributed by atoms with Gasteiger partial charge in [-0.2, -0.15) is 0 Å². The van der Waals surface area contributed by atoms with Crippen LogP contribution in [0.15, 0.2) is 28.7 Å². The van der Waals surface area contributed by atoms with E-state index in [2.05, 4.69) is 10.6 Å². The summed E-state index contributed by atoms with van der Waals surface area (Å²) in [6.07, 6.45) is 0. The molecule has 2 heterocycles. The molecule has 1 atom stereocenters. The Morgan fingerprint density at radius 3 is 2.46 bits per heavy atom. The van der Waals surface area contributed by atoms with E-state index in [1.165, 1.54) is 6.92 Å². The second-order valence-corrected chi connectivity index (χ2v) is 6.88. The Bertz CT molecular complexity index is 883. The topological polar surface area (TPSA) is 94.9 Å². The number of benzene rings is 1. The molecule has 1 aromatic heterocycles. The molecule has 150 valence electrons. The fourth-order valence-electron chi connectivity index (χ4n) is 3.39. The Morgan fingerprint density at radius 2 is 1.82 bits per heavy atom. The van der Waals surface area contributed by atoms with Gasteiger partial charge in [-0.05, 0) is 26.0 Å². The van der Waals surface area contributed by atoms with Crippen molar-refractivity contribution in [3.63, 3.8) is 0 Å². The molecule has 1 aliphatic rings. The molecule has 3 amide bonds. The minimum absolute atomic E-state index is 0.0739. The van der Waals surface area contributed by atoms with Crippen LogP contribution in [0.4, 0.5) is 10.5 Å². The van der Waals surface area contributed by atoms with E-state index in [4.69, 9.17) is 4.42 Å². The largest absolute Gasteiger partial charge is 0.451 e. The van der Waals surface area contributed by atoms with E-state index in [1.54, 1.807) is 11.0 Å². The summed E-state index contributed by atoms with van der Waals surface area (Å²) in [5.74, 6) is -0.293. The van der Waals surface area contributed by atoms with Crippen molar-refractivity contribution in [2.45, 2.75) is 26.8 Å². The van der Waals surface area contributed by atoms with Gasteiger partial charge < -0.3 is 20.0 Å². The van der Waals surface area contributed by atoms with E-state index >= 15 is 0 Å². The van der Waals surface area contributed by atoms with Gasteiger partial charge in [0.1, 0.15) is 5.58 Å². The summed E-state index contributed by atoms with van der Waals surface area (Å²) in [4.78, 5) is 40.5. The fourth-order valence-corrected chi connectivity index (χ4v) is 3.39. The number of Topliss-reactive ketones (excluding diaryl/α,β-unsaturated/α-hetero) is 1. The molecule has 0 aliphatic carbocycles. The highest BCUT2D eigenvalue weighted by Crippen LogP contribution is 2.31. The average Bonchev–Trinajstić information content (AvgIpc) is 3.06. The summed E-state index contributed by atoms with van der Waals surface area (Å²) >= 11 is 0. The standard InChI is InChI=1S/C20H26N4O4/c1-4-21-20(27)24-11-9-23(10-12-24)13(2)19(26)22-17-15-7-5-6-8-16(15)28-18(17)14(3)25/h5-8,13H,4,9-12H2,1-3H3,(H,21,27)(H,22,26). The zero-order valence-electron chi connectivity index (χ0n) is 16.4. The van der Waals surface area contributed by atoms with Gasteiger partial charge in [-0.1, -0.05) is 12.1 Å². The van der Waals surface area contributed by atoms with Crippen molar-refractivity contribution in [1.82, 2.24) is 15.1 Å². The molecular formula is C20H26N4O4. The molecule has 0 saturated carbocycles. The molecule has 2 N–H and O–H groups in total. The summed E-state index contributed by atoms with van der Waals surface area (Å²) in [5, 5.41) is 6.37. The van der Waals surface area contributed by atoms with Gasteiger partial charge in [0.05, 0.1) is 11.7 Å². The maximum atomic E-state index is 12.8. The number of piperazine rings is 1. The third kappa shape index (κ3) is 4.01. The Kier molecular flexibility index (Phi) is 5.99. The maximum Gasteiger partial charge on any atom is 0.317 e. The highest BCUT2D eigenvalue weighted by atomic mass is 16.3. The van der Waals surface area contributed by atoms with E-state index < -0.39 is 6.04 Å². The first-order chi connectivity index (χ1) is 13.4. The van der Waals surface area contributed by atoms with Gasteiger partial charge >= 0.3 is 6.03 Å². The predicted octanol–water partition coefficient (Wildman–Crippen LogP) is 2.31. The first-order valence-corrected chi connectivity index (χ1v) is 9.52. The van der Waals surface area contributed by atoms with Gasteiger partial charge in [-0.15, -0.1) is 0 Å². The van der Waals surface area contributed by atoms with Crippen LogP contribution in [0.25, 0.3) is 11.0 Å². The van der Waals surface area contributed by atoms with Gasteiger partial charge in [0.2, 0.25) is 5.91 Å². The molecule has 1 aliphatic heterocycles. The number of hydrogen-bond donors (Lipinski definition) is 2. The van der Waals surface area contributed by atoms with Gasteiger partial charge in [0, 0.05) is 45.0 Å². The molecule has 1 aromatic carbocycles. The first kappa shape index (κ1) is 19.9. The van der Waals surface area contributed by atoms with Gasteiger partial charge in [0.15, 0.2) is 11.5 Å². The number of nitrogens with one attached hydrogen (secondary N) is 2. The van der Waals surface area contributed by atoms with Crippen molar-refractivity contribution < 1.29 is 18.8 Å². The molecule has 3 rings (SSSR count). The fraction of sp³-hybridized carbons (Fsp3) is 0.450. The zero-order chi connectivity index (χ0) is 20.3. The molecule has 8 nitrogen and oxygen atoms in total. The van der Waals surface area contributed by atoms with E-state index in [0.717, 1.165) is 0 Å². The molecule has 2 aromatic rings. The summed E-state index contributed by atoms with van der Waals surface area (Å²) in [7, 11) is 0. The molecular weight excluding hydrogens is 360 g/mol. The van der Waals surface area contributed by atoms with E-state index in [9.17, 15) is 14.4 Å². The van der Waals surface area contributed by atoms with Crippen molar-refractivity contribution in [3.05, 3.63) is 30.0 Å². The van der Waals surface area contributed by atoms with Crippen LogP contribution in [-0.2, 0) is 4.79 Å². The van der Waals surface area contributed by atoms with Crippen molar-refractivity contribution >= 4 is 34.4 Å². The summed E-state index contributed by atoms with van der Waals surface area (Å²) < 4.78 is 5.62. The number of carbonyl (C=O) groups is 3. The minimum atomic E-state index is -0.398. The highest BCUT2D eigenvalue weighted by molar-refractivity contribution is 6.11. The minimum Gasteiger partial charge on any atom is -0.451 e. The van der Waals surface area contributed by atoms with Gasteiger partial charge in [-0.3, -0.25) is 14.5 Å². The van der Waals surface area contributed by atoms with Gasteiger partial charge in [0.25, 0.3) is 0 Å². The van der Waals surface area contributed by atoms with Crippen LogP contribution in [0.3, 0.4) is 0 Å². The van der Waals surface area contributed by atoms with Crippen LogP contribution in [-0.4, -0.2) is 66.3 Å². The third-order valence-electron chi connectivity index (χ3n) is 5.02. The maximum absolute atomic E-state index is 12.8. The summed E-state index contributed by atoms with van der Waals surface area (Å²) in [6.45, 7) is 8.07. The number of nitrogens with zero attached hydrogens (tertiary/aromatic N) is 2. The van der Waals surface area contributed by atoms with Crippen LogP contribution in [0.2, 0.25) is 0 Å². The van der Waals surface area contributed by atoms with E-state index in [-0.39, 0.29) is 23.5 Å². The first-order valence-electron chi connectivity index (χ1n) is 9.52. The van der Waals surface area contributed by atoms with Crippen LogP contribution < -0.4 is 10.6 Å². The number of furan rings is 1. The Labute approximate surface area is 163 Å². The Morgan fingerprint density at radius 1 is 1.14 bits per heavy atom. The third-order valence-corrected chi connectivity index (χ3v) is 5.02. The molecule has 28 heavy (non-hydrogen) atoms. The monoisotopic (exact) mass is 386 g/mol. The SMILES string of the molecule is CCNC(=O)N1CCN(C(C)C(=O)Nc2c(C(C)=O)oc3ccccc23)CC1. The Balaban J connectivity index is 1.69. The zero-order valence-corrected chi connectivity index (χ0v) is 16.4. The lowest BCUT2D eigenvalue weighted by Gasteiger charge is -2.37. The van der Waals surface area contributed by atoms with E-state index in [0.29, 0.717) is 49.4 Å². The highest BCUT2D eigenvalue weighted by Gasteiger charge is 2.29. The van der Waals surface area contributed by atoms with Crippen LogP contribution in [0.5, 0.6) is 0 Å². The van der Waals surface area contributed by atoms with Crippen molar-refractivity contribution in [2.24, 2.45) is 0 Å². The number of anilines is 1. The van der Waals surface area contributed by atoms with Crippen LogP contribution in [0.1, 0.15) is 31.3 Å². The number of ketones is 1. The molecule has 0 radical (unpaired) electrons. The van der Waals surface area contributed by atoms with Crippen LogP contribution >= 0.6 is 0 Å². The molecule has 1 saturated heterocycles. The number of carbonyl (C=O) groups excluding carboxylic acids is 3. The van der Waals surface area contributed by atoms with Crippen LogP contribution in [0, 0.1) is 0 Å². The summed E-state index contributed by atoms with van der Waals surface area (Å²) in [6, 6.07) is 6.76. The van der Waals surface area contributed by atoms with E-state index in [1.807, 2.05) is 36.9 Å². The van der Waals surface area contributed by atoms with Crippen molar-refractivity contribution in [1.29, 1.82) is 0 Å². The molecule has 0 spiro atoms. The number of rotatable bonds is 5. The smallest absolute Gasteiger partial charge is 0.317 e. The molecule has 1 fully saturated rings. The number of para-hydroxylation sites is 1. The second-order valence-electron chi connectivity index (χ2n) is 6.88. The quantitative estimate of drug-likeness (QED) is 0.769. The lowest BCUT2D eigenvalue weighted by molar-refractivity contribution is -0.121. The van der Waals surface area contributed by atoms with Crippen molar-refractivity contribution in [2.75, 3.05) is 38.0 Å². The predicted molar refractivity (Wildman–Crippen MR) is 107 cm³/mol. The number of fused-ring (bicyclic) bond motifs is 1. The molecule has 8 heteroatoms. The number of amides is 3. The number of urea groups is 1. The summed E-state index contributed by atoms with van der Waals surface area (Å²) in [5.41, 5.74) is 0.979. The van der Waals surface area contributed by atoms with Crippen molar-refractivity contribution in [3.8, 4) is 0 Å². The average molecular weight is 386 g/mol. The second kappa shape index (κ2) is 8.43. The lowest BCUT2D eigenvalue weighted by Crippen LogP contribution is -2.55. The lowest BCUT2D eigenvalue weighted by atomic mass is 10.1. The van der Waals surface area contributed by atoms with Gasteiger partial charge in [-0.25, -0.2) is 4.79 Å². The molecule has 0 bridgehead atoms. The number of hydrogen-bond acceptors (Lipinski definition) is 5. The Hall–Kier alpha value is -2.87. The molecule has 1 unspecified atom stereocenters.